The lowest BCUT2D eigenvalue weighted by Gasteiger charge is -2.21. The first-order chi connectivity index (χ1) is 9.70. The number of carbonyl (C=O) groups excluding carboxylic acids is 1. The molecule has 0 spiro atoms. The highest BCUT2D eigenvalue weighted by Crippen LogP contribution is 2.20. The zero-order chi connectivity index (χ0) is 16.2. The van der Waals surface area contributed by atoms with E-state index < -0.39 is 9.05 Å². The van der Waals surface area contributed by atoms with Crippen molar-refractivity contribution in [3.05, 3.63) is 29.3 Å². The molecular weight excluding hydrogens is 310 g/mol. The topological polar surface area (TPSA) is 63.2 Å². The largest absolute Gasteiger partial charge is 0.349 e. The highest BCUT2D eigenvalue weighted by molar-refractivity contribution is 8.13. The maximum atomic E-state index is 12.4. The number of carbonyl (C=O) groups is 1. The summed E-state index contributed by atoms with van der Waals surface area (Å²) in [4.78, 5) is 12.4. The van der Waals surface area contributed by atoms with Gasteiger partial charge in [0.1, 0.15) is 0 Å². The van der Waals surface area contributed by atoms with Crippen molar-refractivity contribution < 1.29 is 13.2 Å². The Hall–Kier alpha value is -1.07. The molecule has 0 heterocycles. The Balaban J connectivity index is 3.18. The van der Waals surface area contributed by atoms with Gasteiger partial charge in [0.15, 0.2) is 0 Å². The van der Waals surface area contributed by atoms with Crippen molar-refractivity contribution in [2.24, 2.45) is 5.92 Å². The van der Waals surface area contributed by atoms with Gasteiger partial charge in [-0.25, -0.2) is 8.42 Å². The van der Waals surface area contributed by atoms with Gasteiger partial charge in [-0.05, 0) is 36.5 Å². The zero-order valence-corrected chi connectivity index (χ0v) is 14.4. The van der Waals surface area contributed by atoms with E-state index in [2.05, 4.69) is 5.32 Å². The van der Waals surface area contributed by atoms with Gasteiger partial charge in [-0.2, -0.15) is 0 Å². The maximum absolute atomic E-state index is 12.4. The van der Waals surface area contributed by atoms with Crippen LogP contribution in [-0.2, 0) is 15.5 Å². The third kappa shape index (κ3) is 4.71. The molecule has 1 unspecified atom stereocenters. The van der Waals surface area contributed by atoms with Gasteiger partial charge in [0.05, 0.1) is 4.90 Å². The zero-order valence-electron chi connectivity index (χ0n) is 12.8. The summed E-state index contributed by atoms with van der Waals surface area (Å²) < 4.78 is 22.9. The molecule has 0 saturated heterocycles. The Labute approximate surface area is 131 Å². The fourth-order valence-electron chi connectivity index (χ4n) is 2.21. The number of amides is 1. The number of hydrogen-bond donors (Lipinski definition) is 1. The first kappa shape index (κ1) is 18.0. The molecule has 0 bridgehead atoms. The summed E-state index contributed by atoms with van der Waals surface area (Å²) >= 11 is 0. The van der Waals surface area contributed by atoms with Crippen LogP contribution in [0.1, 0.15) is 50.0 Å². The lowest BCUT2D eigenvalue weighted by molar-refractivity contribution is 0.0923. The van der Waals surface area contributed by atoms with Gasteiger partial charge >= 0.3 is 0 Å². The second kappa shape index (κ2) is 7.27. The minimum Gasteiger partial charge on any atom is -0.349 e. The van der Waals surface area contributed by atoms with Gasteiger partial charge in [-0.1, -0.05) is 33.8 Å². The fourth-order valence-corrected chi connectivity index (χ4v) is 2.99. The molecule has 4 nitrogen and oxygen atoms in total. The van der Waals surface area contributed by atoms with E-state index in [9.17, 15) is 13.2 Å². The molecule has 1 rings (SSSR count). The van der Waals surface area contributed by atoms with Crippen LogP contribution in [0.3, 0.4) is 0 Å². The molecule has 1 atom stereocenters. The van der Waals surface area contributed by atoms with E-state index >= 15 is 0 Å². The van der Waals surface area contributed by atoms with E-state index in [0.29, 0.717) is 17.9 Å². The number of nitrogens with one attached hydrogen (secondary N) is 1. The van der Waals surface area contributed by atoms with Crippen LogP contribution < -0.4 is 5.32 Å². The molecule has 0 fully saturated rings. The highest BCUT2D eigenvalue weighted by atomic mass is 35.7. The second-order valence-corrected chi connectivity index (χ2v) is 7.91. The standard InChI is InChI=1S/C15H22ClNO3S/c1-5-11-7-8-12(21(16,19)20)9-13(11)15(18)17-14(6-2)10(3)4/h7-10,14H,5-6H2,1-4H3,(H,17,18). The molecule has 0 saturated carbocycles. The third-order valence-corrected chi connectivity index (χ3v) is 4.90. The predicted octanol–water partition coefficient (Wildman–Crippen LogP) is 3.34. The fraction of sp³-hybridized carbons (Fsp3) is 0.533. The number of aryl methyl sites for hydroxylation is 1. The van der Waals surface area contributed by atoms with Crippen molar-refractivity contribution in [3.8, 4) is 0 Å². The van der Waals surface area contributed by atoms with Crippen LogP contribution >= 0.6 is 10.7 Å². The molecule has 6 heteroatoms. The Kier molecular flexibility index (Phi) is 6.23. The minimum absolute atomic E-state index is 0.0517. The van der Waals surface area contributed by atoms with Crippen LogP contribution in [0.4, 0.5) is 0 Å². The quantitative estimate of drug-likeness (QED) is 0.813. The van der Waals surface area contributed by atoms with Gasteiger partial charge in [0.25, 0.3) is 15.0 Å². The highest BCUT2D eigenvalue weighted by Gasteiger charge is 2.20. The molecule has 0 aliphatic carbocycles. The van der Waals surface area contributed by atoms with Crippen LogP contribution in [0, 0.1) is 5.92 Å². The number of benzene rings is 1. The van der Waals surface area contributed by atoms with E-state index in [1.807, 2.05) is 27.7 Å². The van der Waals surface area contributed by atoms with Crippen molar-refractivity contribution >= 4 is 25.6 Å². The first-order valence-corrected chi connectivity index (χ1v) is 9.40. The smallest absolute Gasteiger partial charge is 0.261 e. The summed E-state index contributed by atoms with van der Waals surface area (Å²) in [5, 5.41) is 2.96. The summed E-state index contributed by atoms with van der Waals surface area (Å²) in [5.74, 6) is 0.0542. The maximum Gasteiger partial charge on any atom is 0.261 e. The van der Waals surface area contributed by atoms with Crippen LogP contribution in [0.25, 0.3) is 0 Å². The summed E-state index contributed by atoms with van der Waals surface area (Å²) in [6.07, 6.45) is 1.46. The van der Waals surface area contributed by atoms with Crippen molar-refractivity contribution in [2.45, 2.75) is 51.5 Å². The predicted molar refractivity (Wildman–Crippen MR) is 85.2 cm³/mol. The Morgan fingerprint density at radius 1 is 1.29 bits per heavy atom. The average molecular weight is 332 g/mol. The summed E-state index contributed by atoms with van der Waals surface area (Å²) in [6, 6.07) is 4.47. The lowest BCUT2D eigenvalue weighted by Crippen LogP contribution is -2.38. The van der Waals surface area contributed by atoms with Gasteiger partial charge in [0, 0.05) is 22.3 Å². The van der Waals surface area contributed by atoms with Gasteiger partial charge in [0.2, 0.25) is 0 Å². The van der Waals surface area contributed by atoms with E-state index in [1.165, 1.54) is 12.1 Å². The van der Waals surface area contributed by atoms with Crippen LogP contribution in [0.5, 0.6) is 0 Å². The molecule has 1 aromatic carbocycles. The first-order valence-electron chi connectivity index (χ1n) is 7.09. The number of halogens is 1. The number of rotatable bonds is 6. The van der Waals surface area contributed by atoms with Crippen molar-refractivity contribution in [1.29, 1.82) is 0 Å². The molecule has 0 aliphatic rings. The molecule has 1 amide bonds. The second-order valence-electron chi connectivity index (χ2n) is 5.34. The summed E-state index contributed by atoms with van der Waals surface area (Å²) in [5.41, 5.74) is 1.17. The summed E-state index contributed by atoms with van der Waals surface area (Å²) in [6.45, 7) is 8.00. The van der Waals surface area contributed by atoms with Gasteiger partial charge in [-0.15, -0.1) is 0 Å². The number of hydrogen-bond acceptors (Lipinski definition) is 3. The monoisotopic (exact) mass is 331 g/mol. The lowest BCUT2D eigenvalue weighted by atomic mass is 10.00. The molecule has 0 aromatic heterocycles. The molecule has 21 heavy (non-hydrogen) atoms. The molecular formula is C15H22ClNO3S. The van der Waals surface area contributed by atoms with Crippen molar-refractivity contribution in [3.63, 3.8) is 0 Å². The Morgan fingerprint density at radius 3 is 2.33 bits per heavy atom. The Morgan fingerprint density at radius 2 is 1.90 bits per heavy atom. The normalized spacial score (nSPS) is 13.2. The molecule has 0 aliphatic heterocycles. The van der Waals surface area contributed by atoms with Gasteiger partial charge < -0.3 is 5.32 Å². The molecule has 118 valence electrons. The molecule has 0 radical (unpaired) electrons. The van der Waals surface area contributed by atoms with Crippen LogP contribution in [0.2, 0.25) is 0 Å². The minimum atomic E-state index is -3.84. The van der Waals surface area contributed by atoms with Crippen LogP contribution in [0.15, 0.2) is 23.1 Å². The van der Waals surface area contributed by atoms with Crippen molar-refractivity contribution in [2.75, 3.05) is 0 Å². The van der Waals surface area contributed by atoms with Gasteiger partial charge in [-0.3, -0.25) is 4.79 Å². The SMILES string of the molecule is CCc1ccc(S(=O)(=O)Cl)cc1C(=O)NC(CC)C(C)C. The van der Waals surface area contributed by atoms with E-state index in [0.717, 1.165) is 12.0 Å². The Bertz CT molecular complexity index is 611. The molecule has 1 aromatic rings. The van der Waals surface area contributed by atoms with E-state index in [4.69, 9.17) is 10.7 Å². The third-order valence-electron chi connectivity index (χ3n) is 3.55. The summed E-state index contributed by atoms with van der Waals surface area (Å²) in [7, 11) is 1.51. The average Bonchev–Trinajstić information content (AvgIpc) is 2.42. The van der Waals surface area contributed by atoms with E-state index in [1.54, 1.807) is 6.07 Å². The van der Waals surface area contributed by atoms with Crippen LogP contribution in [-0.4, -0.2) is 20.4 Å². The van der Waals surface area contributed by atoms with E-state index in [-0.39, 0.29) is 16.8 Å². The van der Waals surface area contributed by atoms with Crippen molar-refractivity contribution in [1.82, 2.24) is 5.32 Å². The molecule has 1 N–H and O–H groups in total.